The Labute approximate surface area is 112 Å². The first kappa shape index (κ1) is 15.5. The second kappa shape index (κ2) is 7.14. The number of amides is 1. The van der Waals surface area contributed by atoms with Crippen molar-refractivity contribution in [2.45, 2.75) is 45.8 Å². The summed E-state index contributed by atoms with van der Waals surface area (Å²) in [5, 5.41) is 0. The second-order valence-corrected chi connectivity index (χ2v) is 10.9. The van der Waals surface area contributed by atoms with E-state index in [9.17, 15) is 4.79 Å². The molecule has 0 atom stereocenters. The van der Waals surface area contributed by atoms with Crippen molar-refractivity contribution in [1.29, 1.82) is 0 Å². The average molecular weight is 272 g/mol. The van der Waals surface area contributed by atoms with E-state index in [4.69, 9.17) is 4.74 Å². The largest absolute Gasteiger partial charge is 0.449 e. The fourth-order valence-corrected chi connectivity index (χ4v) is 3.70. The van der Waals surface area contributed by atoms with Gasteiger partial charge in [-0.2, -0.15) is 0 Å². The van der Waals surface area contributed by atoms with E-state index in [-0.39, 0.29) is 6.09 Å². The van der Waals surface area contributed by atoms with Crippen LogP contribution in [-0.4, -0.2) is 56.6 Å². The monoisotopic (exact) mass is 272 g/mol. The zero-order valence-electron chi connectivity index (χ0n) is 12.4. The molecule has 0 aliphatic carbocycles. The van der Waals surface area contributed by atoms with E-state index >= 15 is 0 Å². The van der Waals surface area contributed by atoms with Crippen molar-refractivity contribution in [2.24, 2.45) is 0 Å². The van der Waals surface area contributed by atoms with Gasteiger partial charge in [-0.1, -0.05) is 39.4 Å². The first-order chi connectivity index (χ1) is 8.45. The van der Waals surface area contributed by atoms with E-state index < -0.39 is 8.24 Å². The third-order valence-corrected chi connectivity index (χ3v) is 5.80. The number of ether oxygens (including phenoxy) is 1. The van der Waals surface area contributed by atoms with Crippen LogP contribution in [0.5, 0.6) is 0 Å². The minimum absolute atomic E-state index is 0.124. The summed E-state index contributed by atoms with van der Waals surface area (Å²) in [6.07, 6.45) is 3.15. The van der Waals surface area contributed by atoms with Gasteiger partial charge in [-0.3, -0.25) is 0 Å². The first-order valence-electron chi connectivity index (χ1n) is 7.12. The molecule has 1 saturated heterocycles. The van der Waals surface area contributed by atoms with Gasteiger partial charge in [-0.05, 0) is 6.42 Å². The Morgan fingerprint density at radius 2 is 1.72 bits per heavy atom. The van der Waals surface area contributed by atoms with Crippen LogP contribution >= 0.6 is 0 Å². The maximum absolute atomic E-state index is 11.8. The first-order valence-corrected chi connectivity index (χ1v) is 10.6. The Morgan fingerprint density at radius 3 is 2.22 bits per heavy atom. The minimum atomic E-state index is -1.20. The summed E-state index contributed by atoms with van der Waals surface area (Å²) in [7, 11) is -1.20. The molecule has 1 heterocycles. The molecule has 0 aromatic heterocycles. The summed E-state index contributed by atoms with van der Waals surface area (Å²) in [6.45, 7) is 13.4. The van der Waals surface area contributed by atoms with E-state index in [0.717, 1.165) is 45.4 Å². The Bertz CT molecular complexity index is 258. The number of unbranched alkanes of at least 4 members (excludes halogenated alkanes) is 2. The average Bonchev–Trinajstić information content (AvgIpc) is 2.33. The maximum atomic E-state index is 11.8. The molecule has 0 unspecified atom stereocenters. The van der Waals surface area contributed by atoms with Crippen LogP contribution in [0.2, 0.25) is 19.6 Å². The Hall–Kier alpha value is -0.553. The summed E-state index contributed by atoms with van der Waals surface area (Å²) in [5.74, 6) is 0. The second-order valence-electron chi connectivity index (χ2n) is 5.97. The Morgan fingerprint density at radius 1 is 1.11 bits per heavy atom. The number of carbonyl (C=O) groups excluding carboxylic acids is 1. The molecule has 0 N–H and O–H groups in total. The molecule has 1 aliphatic heterocycles. The zero-order chi connectivity index (χ0) is 13.6. The number of hydrogen-bond donors (Lipinski definition) is 0. The molecule has 1 rings (SSSR count). The summed E-state index contributed by atoms with van der Waals surface area (Å²) < 4.78 is 7.83. The quantitative estimate of drug-likeness (QED) is 0.570. The lowest BCUT2D eigenvalue weighted by Gasteiger charge is -2.40. The van der Waals surface area contributed by atoms with Crippen LogP contribution in [-0.2, 0) is 4.74 Å². The third kappa shape index (κ3) is 4.98. The Balaban J connectivity index is 2.23. The van der Waals surface area contributed by atoms with E-state index in [1.807, 2.05) is 4.90 Å². The van der Waals surface area contributed by atoms with Gasteiger partial charge in [-0.25, -0.2) is 4.79 Å². The molecule has 0 radical (unpaired) electrons. The van der Waals surface area contributed by atoms with Crippen molar-refractivity contribution < 1.29 is 9.53 Å². The van der Waals surface area contributed by atoms with Crippen molar-refractivity contribution in [1.82, 2.24) is 9.47 Å². The molecule has 5 heteroatoms. The number of rotatable bonds is 5. The van der Waals surface area contributed by atoms with Crippen LogP contribution in [0, 0.1) is 0 Å². The molecule has 0 bridgehead atoms. The number of hydrogen-bond acceptors (Lipinski definition) is 3. The van der Waals surface area contributed by atoms with Crippen molar-refractivity contribution in [3.05, 3.63) is 0 Å². The van der Waals surface area contributed by atoms with Crippen LogP contribution in [0.25, 0.3) is 0 Å². The lowest BCUT2D eigenvalue weighted by molar-refractivity contribution is 0.0869. The molecule has 0 aromatic carbocycles. The smallest absolute Gasteiger partial charge is 0.409 e. The molecule has 0 saturated carbocycles. The summed E-state index contributed by atoms with van der Waals surface area (Å²) in [6, 6.07) is 0. The van der Waals surface area contributed by atoms with Gasteiger partial charge in [0, 0.05) is 26.2 Å². The molecule has 0 spiro atoms. The van der Waals surface area contributed by atoms with E-state index in [2.05, 4.69) is 31.1 Å². The van der Waals surface area contributed by atoms with Gasteiger partial charge in [0.25, 0.3) is 0 Å². The van der Waals surface area contributed by atoms with Crippen molar-refractivity contribution in [3.63, 3.8) is 0 Å². The lowest BCUT2D eigenvalue weighted by Crippen LogP contribution is -2.57. The number of piperazine rings is 1. The van der Waals surface area contributed by atoms with E-state index in [0.29, 0.717) is 6.61 Å². The topological polar surface area (TPSA) is 32.8 Å². The zero-order valence-corrected chi connectivity index (χ0v) is 13.4. The van der Waals surface area contributed by atoms with Gasteiger partial charge in [0.2, 0.25) is 0 Å². The van der Waals surface area contributed by atoms with Crippen molar-refractivity contribution in [2.75, 3.05) is 32.8 Å². The molecule has 4 nitrogen and oxygen atoms in total. The van der Waals surface area contributed by atoms with Gasteiger partial charge in [0.05, 0.1) is 6.61 Å². The molecule has 1 amide bonds. The van der Waals surface area contributed by atoms with Crippen molar-refractivity contribution >= 4 is 14.3 Å². The molecular weight excluding hydrogens is 244 g/mol. The molecule has 1 aliphatic rings. The highest BCUT2D eigenvalue weighted by Crippen LogP contribution is 2.13. The van der Waals surface area contributed by atoms with E-state index in [1.54, 1.807) is 0 Å². The van der Waals surface area contributed by atoms with E-state index in [1.165, 1.54) is 0 Å². The predicted molar refractivity (Wildman–Crippen MR) is 77.4 cm³/mol. The number of nitrogens with zero attached hydrogens (tertiary/aromatic N) is 2. The lowest BCUT2D eigenvalue weighted by atomic mass is 10.3. The number of carbonyl (C=O) groups is 1. The fraction of sp³-hybridized carbons (Fsp3) is 0.923. The van der Waals surface area contributed by atoms with Crippen molar-refractivity contribution in [3.8, 4) is 0 Å². The molecule has 106 valence electrons. The summed E-state index contributed by atoms with van der Waals surface area (Å²) in [4.78, 5) is 13.7. The van der Waals surface area contributed by atoms with Crippen LogP contribution in [0.15, 0.2) is 0 Å². The SMILES string of the molecule is CCCCCOC(=O)N1CCN([Si](C)(C)C)CC1. The minimum Gasteiger partial charge on any atom is -0.449 e. The van der Waals surface area contributed by atoms with Crippen LogP contribution in [0.1, 0.15) is 26.2 Å². The van der Waals surface area contributed by atoms with Gasteiger partial charge in [0.15, 0.2) is 0 Å². The van der Waals surface area contributed by atoms with Crippen LogP contribution in [0.4, 0.5) is 4.79 Å². The highest BCUT2D eigenvalue weighted by atomic mass is 28.3. The third-order valence-electron chi connectivity index (χ3n) is 3.46. The summed E-state index contributed by atoms with van der Waals surface area (Å²) in [5.41, 5.74) is 0. The van der Waals surface area contributed by atoms with Crippen LogP contribution in [0.3, 0.4) is 0 Å². The Kier molecular flexibility index (Phi) is 6.15. The highest BCUT2D eigenvalue weighted by Gasteiger charge is 2.29. The molecular formula is C13H28N2O2Si. The summed E-state index contributed by atoms with van der Waals surface area (Å²) >= 11 is 0. The molecule has 18 heavy (non-hydrogen) atoms. The van der Waals surface area contributed by atoms with Gasteiger partial charge >= 0.3 is 6.09 Å². The highest BCUT2D eigenvalue weighted by molar-refractivity contribution is 6.73. The van der Waals surface area contributed by atoms with Gasteiger partial charge in [0.1, 0.15) is 8.24 Å². The predicted octanol–water partition coefficient (Wildman–Crippen LogP) is 2.77. The fourth-order valence-electron chi connectivity index (χ4n) is 2.16. The standard InChI is InChI=1S/C13H28N2O2Si/c1-5-6-7-12-17-13(16)14-8-10-15(11-9-14)18(2,3)4/h5-12H2,1-4H3. The normalized spacial score (nSPS) is 17.9. The van der Waals surface area contributed by atoms with Crippen LogP contribution < -0.4 is 0 Å². The maximum Gasteiger partial charge on any atom is 0.409 e. The molecule has 0 aromatic rings. The van der Waals surface area contributed by atoms with Gasteiger partial charge < -0.3 is 14.2 Å². The van der Waals surface area contributed by atoms with Gasteiger partial charge in [-0.15, -0.1) is 0 Å². The molecule has 1 fully saturated rings.